The molecule has 8 heterocycles. The Morgan fingerprint density at radius 2 is 1.25 bits per heavy atom. The smallest absolute Gasteiger partial charge is 0.201 e. The van der Waals surface area contributed by atoms with Crippen molar-refractivity contribution in [3.8, 4) is 12.3 Å². The van der Waals surface area contributed by atoms with Gasteiger partial charge >= 0.3 is 0 Å². The Hall–Kier alpha value is -0.800. The molecule has 8 aliphatic heterocycles. The lowest BCUT2D eigenvalue weighted by atomic mass is 9.56. The molecule has 9 nitrogen and oxygen atoms in total. The van der Waals surface area contributed by atoms with E-state index in [1.807, 2.05) is 13.8 Å². The Morgan fingerprint density at radius 1 is 0.705 bits per heavy atom. The Labute approximate surface area is 262 Å². The average Bonchev–Trinajstić information content (AvgIpc) is 3.37. The molecule has 2 aliphatic carbocycles. The zero-order chi connectivity index (χ0) is 30.6. The van der Waals surface area contributed by atoms with E-state index in [0.717, 1.165) is 44.9 Å². The molecule has 0 aromatic carbocycles. The van der Waals surface area contributed by atoms with Crippen LogP contribution in [0.2, 0.25) is 0 Å². The molecular formula is C35H52O9. The van der Waals surface area contributed by atoms with Gasteiger partial charge in [0.15, 0.2) is 23.8 Å². The molecule has 0 aromatic rings. The summed E-state index contributed by atoms with van der Waals surface area (Å²) in [4.78, 5) is 24.9. The minimum Gasteiger partial charge on any atom is -0.363 e. The van der Waals surface area contributed by atoms with Crippen LogP contribution < -0.4 is 0 Å². The maximum atomic E-state index is 7.03. The standard InChI is InChI=1S/C35H52O9/c1-8-17-36-28(29-22(5)26-12-10-20(3)24-14-16-33(7)40-31(38-29)35(24,26)44-42-33)18-27-21(4)25-11-9-19(2)23-13-15-32(6)39-30(37-27)34(23,25)43-41-32/h1,19-31H,9-18H2,2-7H3/t19-,20-,21-,22-,23+,24+,25+,26+,27-,28+,29?,30-,31-,32-,33-,34-,35-/m1/s1. The van der Waals surface area contributed by atoms with Crippen LogP contribution >= 0.6 is 0 Å². The number of fused-ring (bicyclic) bond motifs is 4. The highest BCUT2D eigenvalue weighted by atomic mass is 17.3. The molecule has 9 heteroatoms. The van der Waals surface area contributed by atoms with E-state index in [1.54, 1.807) is 0 Å². The molecule has 2 saturated carbocycles. The average molecular weight is 617 g/mol. The molecule has 0 radical (unpaired) electrons. The van der Waals surface area contributed by atoms with Gasteiger partial charge in [-0.2, -0.15) is 0 Å². The predicted octanol–water partition coefficient (Wildman–Crippen LogP) is 5.90. The molecule has 10 rings (SSSR count). The largest absolute Gasteiger partial charge is 0.363 e. The van der Waals surface area contributed by atoms with Gasteiger partial charge in [0.05, 0.1) is 18.3 Å². The first-order valence-corrected chi connectivity index (χ1v) is 17.5. The lowest BCUT2D eigenvalue weighted by Gasteiger charge is -2.62. The summed E-state index contributed by atoms with van der Waals surface area (Å²) in [6.07, 6.45) is 12.8. The second-order valence-electron chi connectivity index (χ2n) is 16.1. The maximum Gasteiger partial charge on any atom is 0.201 e. The van der Waals surface area contributed by atoms with E-state index >= 15 is 0 Å². The van der Waals surface area contributed by atoms with Crippen molar-refractivity contribution in [3.63, 3.8) is 0 Å². The van der Waals surface area contributed by atoms with Gasteiger partial charge in [-0.15, -0.1) is 6.42 Å². The van der Waals surface area contributed by atoms with E-state index in [-0.39, 0.29) is 48.6 Å². The molecule has 10 fully saturated rings. The third-order valence-corrected chi connectivity index (χ3v) is 13.7. The molecule has 8 saturated heterocycles. The zero-order valence-corrected chi connectivity index (χ0v) is 27.3. The van der Waals surface area contributed by atoms with E-state index in [9.17, 15) is 0 Å². The first-order chi connectivity index (χ1) is 21.0. The molecule has 0 amide bonds. The van der Waals surface area contributed by atoms with Crippen LogP contribution in [-0.2, 0) is 43.2 Å². The topological polar surface area (TPSA) is 83.1 Å². The van der Waals surface area contributed by atoms with E-state index in [4.69, 9.17) is 49.7 Å². The van der Waals surface area contributed by atoms with Gasteiger partial charge in [0.1, 0.15) is 6.61 Å². The second-order valence-corrected chi connectivity index (χ2v) is 16.1. The second kappa shape index (κ2) is 10.6. The molecule has 246 valence electrons. The van der Waals surface area contributed by atoms with Crippen LogP contribution in [0.1, 0.15) is 99.3 Å². The predicted molar refractivity (Wildman–Crippen MR) is 157 cm³/mol. The van der Waals surface area contributed by atoms with E-state index in [0.29, 0.717) is 30.1 Å². The fourth-order valence-electron chi connectivity index (χ4n) is 11.3. The van der Waals surface area contributed by atoms with Crippen molar-refractivity contribution in [2.45, 2.75) is 153 Å². The van der Waals surface area contributed by atoms with Crippen molar-refractivity contribution in [2.24, 2.45) is 47.3 Å². The Bertz CT molecular complexity index is 1160. The number of rotatable bonds is 5. The fraction of sp³-hybridized carbons (Fsp3) is 0.943. The highest BCUT2D eigenvalue weighted by Crippen LogP contribution is 2.63. The number of ether oxygens (including phenoxy) is 5. The third kappa shape index (κ3) is 4.25. The van der Waals surface area contributed by atoms with Crippen LogP contribution in [0.25, 0.3) is 0 Å². The fourth-order valence-corrected chi connectivity index (χ4v) is 11.3. The molecule has 4 bridgehead atoms. The summed E-state index contributed by atoms with van der Waals surface area (Å²) < 4.78 is 33.9. The lowest BCUT2D eigenvalue weighted by molar-refractivity contribution is -0.574. The Balaban J connectivity index is 1.10. The summed E-state index contributed by atoms with van der Waals surface area (Å²) in [6, 6.07) is 0. The third-order valence-electron chi connectivity index (χ3n) is 13.7. The summed E-state index contributed by atoms with van der Waals surface area (Å²) in [7, 11) is 0. The van der Waals surface area contributed by atoms with E-state index < -0.39 is 35.4 Å². The van der Waals surface area contributed by atoms with Crippen molar-refractivity contribution in [1.29, 1.82) is 0 Å². The molecule has 1 unspecified atom stereocenters. The SMILES string of the molecule is C#CCO[C@@H](C[C@H]1O[C@@H]2O[C@@]3(C)CC[C@H]4[C@H](C)CC[C@@H]([C@H]1C)[C@@]24OO3)C1O[C@@H]2O[C@@]3(C)CC[C@H]4[C@H](C)CC[C@@H]([C@H]1C)[C@@]24OO3. The van der Waals surface area contributed by atoms with Gasteiger partial charge in [0.2, 0.25) is 11.6 Å². The van der Waals surface area contributed by atoms with Crippen LogP contribution in [0.15, 0.2) is 0 Å². The minimum atomic E-state index is -0.823. The highest BCUT2D eigenvalue weighted by Gasteiger charge is 2.71. The molecule has 44 heavy (non-hydrogen) atoms. The first kappa shape index (κ1) is 30.5. The molecule has 0 N–H and O–H groups in total. The Morgan fingerprint density at radius 3 is 1.82 bits per heavy atom. The summed E-state index contributed by atoms with van der Waals surface area (Å²) in [5.41, 5.74) is -1.21. The highest BCUT2D eigenvalue weighted by molar-refractivity contribution is 5.13. The van der Waals surface area contributed by atoms with Crippen molar-refractivity contribution in [2.75, 3.05) is 6.61 Å². The van der Waals surface area contributed by atoms with Gasteiger partial charge in [-0.1, -0.05) is 33.6 Å². The first-order valence-electron chi connectivity index (χ1n) is 17.5. The van der Waals surface area contributed by atoms with Crippen molar-refractivity contribution in [3.05, 3.63) is 0 Å². The molecular weight excluding hydrogens is 564 g/mol. The number of terminal acetylenes is 1. The van der Waals surface area contributed by atoms with Gasteiger partial charge in [-0.3, -0.25) is 0 Å². The Kier molecular flexibility index (Phi) is 7.36. The van der Waals surface area contributed by atoms with Gasteiger partial charge in [-0.25, -0.2) is 19.6 Å². The summed E-state index contributed by atoms with van der Waals surface area (Å²) in [5.74, 6) is 3.58. The normalized spacial score (nSPS) is 58.2. The monoisotopic (exact) mass is 616 g/mol. The maximum absolute atomic E-state index is 7.03. The molecule has 17 atom stereocenters. The van der Waals surface area contributed by atoms with Crippen LogP contribution in [-0.4, -0.2) is 60.3 Å². The summed E-state index contributed by atoms with van der Waals surface area (Å²) in [6.45, 7) is 13.4. The molecule has 2 spiro atoms. The van der Waals surface area contributed by atoms with Gasteiger partial charge < -0.3 is 23.7 Å². The number of hydrogen-bond donors (Lipinski definition) is 0. The lowest BCUT2D eigenvalue weighted by Crippen LogP contribution is -2.72. The zero-order valence-electron chi connectivity index (χ0n) is 27.3. The molecule has 0 aromatic heterocycles. The van der Waals surface area contributed by atoms with Crippen molar-refractivity contribution in [1.82, 2.24) is 0 Å². The van der Waals surface area contributed by atoms with Crippen molar-refractivity contribution >= 4 is 0 Å². The number of hydrogen-bond acceptors (Lipinski definition) is 9. The summed E-state index contributed by atoms with van der Waals surface area (Å²) >= 11 is 0. The van der Waals surface area contributed by atoms with Crippen LogP contribution in [0.5, 0.6) is 0 Å². The minimum absolute atomic E-state index is 0.117. The van der Waals surface area contributed by atoms with Crippen molar-refractivity contribution < 1.29 is 43.2 Å². The van der Waals surface area contributed by atoms with E-state index in [1.165, 1.54) is 6.42 Å². The van der Waals surface area contributed by atoms with Crippen LogP contribution in [0.3, 0.4) is 0 Å². The van der Waals surface area contributed by atoms with Crippen LogP contribution in [0, 0.1) is 59.7 Å². The van der Waals surface area contributed by atoms with Gasteiger partial charge in [0.25, 0.3) is 0 Å². The van der Waals surface area contributed by atoms with E-state index in [2.05, 4.69) is 33.6 Å². The molecule has 10 aliphatic rings. The van der Waals surface area contributed by atoms with Crippen LogP contribution in [0.4, 0.5) is 0 Å². The quantitative estimate of drug-likeness (QED) is 0.277. The van der Waals surface area contributed by atoms with Gasteiger partial charge in [-0.05, 0) is 87.9 Å². The summed E-state index contributed by atoms with van der Waals surface area (Å²) in [5, 5.41) is 0. The van der Waals surface area contributed by atoms with Gasteiger partial charge in [0, 0.05) is 31.1 Å².